The van der Waals surface area contributed by atoms with Gasteiger partial charge in [0.05, 0.1) is 17.1 Å². The Morgan fingerprint density at radius 2 is 2.30 bits per heavy atom. The molecule has 0 saturated carbocycles. The zero-order chi connectivity index (χ0) is 13.9. The summed E-state index contributed by atoms with van der Waals surface area (Å²) in [4.78, 5) is 11.2. The molecule has 20 heavy (non-hydrogen) atoms. The third kappa shape index (κ3) is 2.32. The molecule has 0 amide bonds. The second-order valence-corrected chi connectivity index (χ2v) is 5.40. The fourth-order valence-electron chi connectivity index (χ4n) is 2.96. The molecule has 1 atom stereocenters. The number of nitriles is 1. The molecule has 0 N–H and O–H groups in total. The monoisotopic (exact) mass is 266 g/mol. The van der Waals surface area contributed by atoms with Gasteiger partial charge in [-0.2, -0.15) is 5.26 Å². The molecular weight excluding hydrogens is 248 g/mol. The van der Waals surface area contributed by atoms with Crippen molar-refractivity contribution >= 4 is 16.7 Å². The maximum absolute atomic E-state index is 8.98. The van der Waals surface area contributed by atoms with Gasteiger partial charge in [-0.1, -0.05) is 13.3 Å². The molecule has 1 aromatic carbocycles. The van der Waals surface area contributed by atoms with E-state index in [1.54, 1.807) is 6.33 Å². The molecule has 0 bridgehead atoms. The first-order valence-electron chi connectivity index (χ1n) is 7.21. The van der Waals surface area contributed by atoms with Crippen LogP contribution in [0.15, 0.2) is 24.5 Å². The molecule has 3 rings (SSSR count). The Hall–Kier alpha value is -2.15. The van der Waals surface area contributed by atoms with Crippen molar-refractivity contribution in [2.24, 2.45) is 5.92 Å². The zero-order valence-corrected chi connectivity index (χ0v) is 11.7. The highest BCUT2D eigenvalue weighted by Crippen LogP contribution is 2.28. The lowest BCUT2D eigenvalue weighted by Crippen LogP contribution is -2.35. The van der Waals surface area contributed by atoms with E-state index in [-0.39, 0.29) is 0 Å². The number of nitrogens with zero attached hydrogens (tertiary/aromatic N) is 4. The number of aromatic nitrogens is 2. The Bertz CT molecular complexity index is 659. The molecule has 1 aliphatic rings. The van der Waals surface area contributed by atoms with Crippen LogP contribution in [0.25, 0.3) is 10.9 Å². The van der Waals surface area contributed by atoms with Crippen LogP contribution < -0.4 is 4.90 Å². The number of anilines is 1. The summed E-state index contributed by atoms with van der Waals surface area (Å²) in [5.41, 5.74) is 1.50. The second kappa shape index (κ2) is 5.46. The lowest BCUT2D eigenvalue weighted by molar-refractivity contribution is 0.403. The van der Waals surface area contributed by atoms with Gasteiger partial charge in [0.15, 0.2) is 0 Å². The van der Waals surface area contributed by atoms with Crippen LogP contribution in [0.1, 0.15) is 31.7 Å². The van der Waals surface area contributed by atoms with E-state index in [0.29, 0.717) is 5.56 Å². The summed E-state index contributed by atoms with van der Waals surface area (Å²) in [5.74, 6) is 1.77. The fourth-order valence-corrected chi connectivity index (χ4v) is 2.96. The van der Waals surface area contributed by atoms with Crippen LogP contribution in [-0.2, 0) is 0 Å². The summed E-state index contributed by atoms with van der Waals surface area (Å²) in [7, 11) is 0. The van der Waals surface area contributed by atoms with Gasteiger partial charge >= 0.3 is 0 Å². The second-order valence-electron chi connectivity index (χ2n) is 5.40. The van der Waals surface area contributed by atoms with E-state index < -0.39 is 0 Å². The zero-order valence-electron chi connectivity index (χ0n) is 11.7. The number of fused-ring (bicyclic) bond motifs is 1. The summed E-state index contributed by atoms with van der Waals surface area (Å²) >= 11 is 0. The van der Waals surface area contributed by atoms with Crippen LogP contribution >= 0.6 is 0 Å². The van der Waals surface area contributed by atoms with Gasteiger partial charge in [-0.25, -0.2) is 9.97 Å². The highest BCUT2D eigenvalue weighted by Gasteiger charge is 2.21. The minimum absolute atomic E-state index is 0.646. The third-order valence-corrected chi connectivity index (χ3v) is 4.14. The van der Waals surface area contributed by atoms with E-state index in [1.165, 1.54) is 19.3 Å². The number of benzene rings is 1. The molecule has 1 aromatic heterocycles. The molecule has 1 fully saturated rings. The lowest BCUT2D eigenvalue weighted by atomic mass is 9.95. The van der Waals surface area contributed by atoms with E-state index in [4.69, 9.17) is 5.26 Å². The number of hydrogen-bond acceptors (Lipinski definition) is 4. The van der Waals surface area contributed by atoms with Gasteiger partial charge in [0.2, 0.25) is 0 Å². The molecular formula is C16H18N4. The van der Waals surface area contributed by atoms with E-state index >= 15 is 0 Å². The molecule has 4 heteroatoms. The van der Waals surface area contributed by atoms with Crippen molar-refractivity contribution in [1.82, 2.24) is 9.97 Å². The van der Waals surface area contributed by atoms with E-state index in [9.17, 15) is 0 Å². The smallest absolute Gasteiger partial charge is 0.139 e. The largest absolute Gasteiger partial charge is 0.356 e. The Balaban J connectivity index is 2.01. The predicted octanol–water partition coefficient (Wildman–Crippen LogP) is 3.13. The van der Waals surface area contributed by atoms with Gasteiger partial charge in [0, 0.05) is 18.5 Å². The summed E-state index contributed by atoms with van der Waals surface area (Å²) in [6, 6.07) is 7.81. The average molecular weight is 266 g/mol. The van der Waals surface area contributed by atoms with Crippen LogP contribution in [0.2, 0.25) is 0 Å². The Morgan fingerprint density at radius 1 is 1.40 bits per heavy atom. The number of piperidine rings is 1. The predicted molar refractivity (Wildman–Crippen MR) is 79.5 cm³/mol. The minimum atomic E-state index is 0.646. The van der Waals surface area contributed by atoms with Crippen LogP contribution in [0, 0.1) is 17.2 Å². The van der Waals surface area contributed by atoms with Crippen LogP contribution in [0.5, 0.6) is 0 Å². The number of rotatable bonds is 2. The van der Waals surface area contributed by atoms with Crippen LogP contribution in [0.3, 0.4) is 0 Å². The maximum atomic E-state index is 8.98. The average Bonchev–Trinajstić information content (AvgIpc) is 2.53. The fraction of sp³-hybridized carbons (Fsp3) is 0.438. The van der Waals surface area contributed by atoms with E-state index in [2.05, 4.69) is 27.9 Å². The maximum Gasteiger partial charge on any atom is 0.139 e. The van der Waals surface area contributed by atoms with Gasteiger partial charge in [-0.05, 0) is 37.0 Å². The summed E-state index contributed by atoms with van der Waals surface area (Å²) in [6.07, 6.45) is 5.36. The van der Waals surface area contributed by atoms with Crippen molar-refractivity contribution in [3.63, 3.8) is 0 Å². The summed E-state index contributed by atoms with van der Waals surface area (Å²) < 4.78 is 0. The first-order chi connectivity index (χ1) is 9.81. The molecule has 0 spiro atoms. The Labute approximate surface area is 119 Å². The highest BCUT2D eigenvalue weighted by molar-refractivity contribution is 5.90. The van der Waals surface area contributed by atoms with Gasteiger partial charge < -0.3 is 4.90 Å². The molecule has 1 saturated heterocycles. The van der Waals surface area contributed by atoms with Crippen molar-refractivity contribution in [1.29, 1.82) is 5.26 Å². The van der Waals surface area contributed by atoms with Crippen LogP contribution in [0.4, 0.5) is 5.82 Å². The minimum Gasteiger partial charge on any atom is -0.356 e. The quantitative estimate of drug-likeness (QED) is 0.838. The standard InChI is InChI=1S/C16H18N4/c1-2-12-4-3-7-20(10-12)16-14-6-5-13(9-17)8-15(14)18-11-19-16/h5-6,8,11-12H,2-4,7,10H2,1H3. The topological polar surface area (TPSA) is 52.8 Å². The summed E-state index contributed by atoms with van der Waals surface area (Å²) in [5, 5.41) is 10.0. The van der Waals surface area contributed by atoms with Crippen molar-refractivity contribution < 1.29 is 0 Å². The van der Waals surface area contributed by atoms with Gasteiger partial charge in [0.1, 0.15) is 12.1 Å². The van der Waals surface area contributed by atoms with Crippen LogP contribution in [-0.4, -0.2) is 23.1 Å². The third-order valence-electron chi connectivity index (χ3n) is 4.14. The SMILES string of the molecule is CCC1CCCN(c2ncnc3cc(C#N)ccc23)C1. The molecule has 1 aliphatic heterocycles. The van der Waals surface area contributed by atoms with Crippen molar-refractivity contribution in [2.75, 3.05) is 18.0 Å². The van der Waals surface area contributed by atoms with Crippen molar-refractivity contribution in [3.05, 3.63) is 30.1 Å². The molecule has 2 heterocycles. The van der Waals surface area contributed by atoms with Gasteiger partial charge in [0.25, 0.3) is 0 Å². The summed E-state index contributed by atoms with van der Waals surface area (Å²) in [6.45, 7) is 4.39. The number of hydrogen-bond donors (Lipinski definition) is 0. The van der Waals surface area contributed by atoms with E-state index in [0.717, 1.165) is 35.7 Å². The lowest BCUT2D eigenvalue weighted by Gasteiger charge is -2.33. The Kier molecular flexibility index (Phi) is 3.51. The molecule has 102 valence electrons. The first-order valence-corrected chi connectivity index (χ1v) is 7.21. The molecule has 2 aromatic rings. The molecule has 0 radical (unpaired) electrons. The molecule has 4 nitrogen and oxygen atoms in total. The Morgan fingerprint density at radius 3 is 3.10 bits per heavy atom. The highest BCUT2D eigenvalue weighted by atomic mass is 15.2. The van der Waals surface area contributed by atoms with Crippen molar-refractivity contribution in [2.45, 2.75) is 26.2 Å². The van der Waals surface area contributed by atoms with Gasteiger partial charge in [-0.3, -0.25) is 0 Å². The first kappa shape index (κ1) is 12.9. The van der Waals surface area contributed by atoms with E-state index in [1.807, 2.05) is 18.2 Å². The molecule has 0 aliphatic carbocycles. The van der Waals surface area contributed by atoms with Crippen molar-refractivity contribution in [3.8, 4) is 6.07 Å². The molecule has 1 unspecified atom stereocenters. The normalized spacial score (nSPS) is 19.0. The van der Waals surface area contributed by atoms with Gasteiger partial charge in [-0.15, -0.1) is 0 Å².